The first-order chi connectivity index (χ1) is 9.66. The third kappa shape index (κ3) is 5.63. The quantitative estimate of drug-likeness (QED) is 0.810. The summed E-state index contributed by atoms with van der Waals surface area (Å²) in [5.74, 6) is -0.119. The summed E-state index contributed by atoms with van der Waals surface area (Å²) in [6, 6.07) is 7.09. The molecule has 0 spiro atoms. The molecule has 0 bridgehead atoms. The van der Waals surface area contributed by atoms with Crippen molar-refractivity contribution in [1.29, 1.82) is 0 Å². The van der Waals surface area contributed by atoms with E-state index >= 15 is 0 Å². The van der Waals surface area contributed by atoms with E-state index in [9.17, 15) is 18.0 Å². The van der Waals surface area contributed by atoms with E-state index in [1.54, 1.807) is 31.4 Å². The van der Waals surface area contributed by atoms with Gasteiger partial charge < -0.3 is 10.5 Å². The SMILES string of the molecule is COc1ccc(CCC(C)(NCC(F)(F)F)C(N)=O)cc1. The number of nitrogens with one attached hydrogen (secondary N) is 1. The lowest BCUT2D eigenvalue weighted by Crippen LogP contribution is -2.55. The summed E-state index contributed by atoms with van der Waals surface area (Å²) in [6.45, 7) is 0.125. The molecule has 1 aromatic carbocycles. The van der Waals surface area contributed by atoms with E-state index in [1.165, 1.54) is 6.92 Å². The Bertz CT molecular complexity index is 474. The van der Waals surface area contributed by atoms with Gasteiger partial charge in [0, 0.05) is 0 Å². The van der Waals surface area contributed by atoms with Crippen molar-refractivity contribution >= 4 is 5.91 Å². The Morgan fingerprint density at radius 2 is 1.86 bits per heavy atom. The van der Waals surface area contributed by atoms with E-state index in [2.05, 4.69) is 5.32 Å². The summed E-state index contributed by atoms with van der Waals surface area (Å²) in [6.07, 6.45) is -3.80. The fraction of sp³-hybridized carbons (Fsp3) is 0.500. The molecule has 0 radical (unpaired) electrons. The van der Waals surface area contributed by atoms with Crippen molar-refractivity contribution in [2.45, 2.75) is 31.5 Å². The molecule has 1 rings (SSSR count). The van der Waals surface area contributed by atoms with Crippen LogP contribution in [0.25, 0.3) is 0 Å². The smallest absolute Gasteiger partial charge is 0.401 e. The fourth-order valence-electron chi connectivity index (χ4n) is 1.78. The molecule has 0 aromatic heterocycles. The summed E-state index contributed by atoms with van der Waals surface area (Å²) in [7, 11) is 1.54. The van der Waals surface area contributed by atoms with E-state index in [0.717, 1.165) is 5.56 Å². The number of rotatable bonds is 7. The number of nitrogens with two attached hydrogens (primary N) is 1. The standard InChI is InChI=1S/C14H19F3N2O2/c1-13(12(18)20,19-9-14(15,16)17)8-7-10-3-5-11(21-2)6-4-10/h3-6,19H,7-9H2,1-2H3,(H2,18,20). The molecule has 1 atom stereocenters. The minimum Gasteiger partial charge on any atom is -0.497 e. The van der Waals surface area contributed by atoms with Crippen LogP contribution in [0, 0.1) is 0 Å². The highest BCUT2D eigenvalue weighted by Gasteiger charge is 2.36. The van der Waals surface area contributed by atoms with Gasteiger partial charge in [-0.25, -0.2) is 0 Å². The molecular weight excluding hydrogens is 285 g/mol. The molecule has 0 aliphatic carbocycles. The molecule has 7 heteroatoms. The predicted molar refractivity (Wildman–Crippen MR) is 73.0 cm³/mol. The van der Waals surface area contributed by atoms with Crippen molar-refractivity contribution in [2.24, 2.45) is 5.73 Å². The lowest BCUT2D eigenvalue weighted by molar-refractivity contribution is -0.135. The van der Waals surface area contributed by atoms with Crippen LogP contribution in [0.1, 0.15) is 18.9 Å². The van der Waals surface area contributed by atoms with Crippen LogP contribution in [-0.2, 0) is 11.2 Å². The van der Waals surface area contributed by atoms with Crippen LogP contribution in [0.15, 0.2) is 24.3 Å². The van der Waals surface area contributed by atoms with Crippen molar-refractivity contribution < 1.29 is 22.7 Å². The monoisotopic (exact) mass is 304 g/mol. The normalized spacial score (nSPS) is 14.5. The number of halogens is 3. The number of hydrogen-bond acceptors (Lipinski definition) is 3. The average molecular weight is 304 g/mol. The summed E-state index contributed by atoms with van der Waals surface area (Å²) in [5, 5.41) is 2.20. The van der Waals surface area contributed by atoms with E-state index in [0.29, 0.717) is 12.2 Å². The average Bonchev–Trinajstić information content (AvgIpc) is 2.42. The van der Waals surface area contributed by atoms with Crippen molar-refractivity contribution in [3.63, 3.8) is 0 Å². The lowest BCUT2D eigenvalue weighted by Gasteiger charge is -2.28. The van der Waals surface area contributed by atoms with Crippen LogP contribution >= 0.6 is 0 Å². The second kappa shape index (κ2) is 6.80. The topological polar surface area (TPSA) is 64.3 Å². The van der Waals surface area contributed by atoms with Crippen molar-refractivity contribution in [3.8, 4) is 5.75 Å². The highest BCUT2D eigenvalue weighted by atomic mass is 19.4. The molecule has 0 saturated heterocycles. The maximum absolute atomic E-state index is 12.3. The minimum atomic E-state index is -4.39. The number of carbonyl (C=O) groups excluding carboxylic acids is 1. The first-order valence-electron chi connectivity index (χ1n) is 6.41. The van der Waals surface area contributed by atoms with Gasteiger partial charge in [0.2, 0.25) is 5.91 Å². The number of hydrogen-bond donors (Lipinski definition) is 2. The first-order valence-corrected chi connectivity index (χ1v) is 6.41. The van der Waals surface area contributed by atoms with Crippen LogP contribution in [-0.4, -0.2) is 31.3 Å². The number of amides is 1. The summed E-state index contributed by atoms with van der Waals surface area (Å²) in [5.41, 5.74) is 4.70. The van der Waals surface area contributed by atoms with Crippen LogP contribution in [0.2, 0.25) is 0 Å². The number of methoxy groups -OCH3 is 1. The van der Waals surface area contributed by atoms with E-state index in [-0.39, 0.29) is 6.42 Å². The second-order valence-corrected chi connectivity index (χ2v) is 5.01. The Labute approximate surface area is 121 Å². The Balaban J connectivity index is 2.67. The zero-order valence-electron chi connectivity index (χ0n) is 12.0. The first kappa shape index (κ1) is 17.3. The van der Waals surface area contributed by atoms with Gasteiger partial charge in [0.05, 0.1) is 19.2 Å². The Morgan fingerprint density at radius 1 is 1.29 bits per heavy atom. The maximum Gasteiger partial charge on any atom is 0.401 e. The minimum absolute atomic E-state index is 0.171. The van der Waals surface area contributed by atoms with Crippen molar-refractivity contribution in [1.82, 2.24) is 5.32 Å². The molecule has 21 heavy (non-hydrogen) atoms. The van der Waals surface area contributed by atoms with E-state index < -0.39 is 24.2 Å². The Hall–Kier alpha value is -1.76. The Kier molecular flexibility index (Phi) is 5.60. The highest BCUT2D eigenvalue weighted by molar-refractivity contribution is 5.84. The maximum atomic E-state index is 12.3. The number of carbonyl (C=O) groups is 1. The molecule has 0 saturated carbocycles. The molecular formula is C14H19F3N2O2. The molecule has 0 heterocycles. The van der Waals surface area contributed by atoms with Gasteiger partial charge in [0.25, 0.3) is 0 Å². The number of benzene rings is 1. The summed E-state index contributed by atoms with van der Waals surface area (Å²) >= 11 is 0. The molecule has 0 aliphatic rings. The summed E-state index contributed by atoms with van der Waals surface area (Å²) in [4.78, 5) is 11.4. The zero-order valence-corrected chi connectivity index (χ0v) is 12.0. The molecule has 0 aliphatic heterocycles. The molecule has 3 N–H and O–H groups in total. The van der Waals surface area contributed by atoms with Crippen LogP contribution < -0.4 is 15.8 Å². The Morgan fingerprint density at radius 3 is 2.29 bits per heavy atom. The molecule has 1 aromatic rings. The molecule has 118 valence electrons. The second-order valence-electron chi connectivity index (χ2n) is 5.01. The largest absolute Gasteiger partial charge is 0.497 e. The zero-order chi connectivity index (χ0) is 16.1. The lowest BCUT2D eigenvalue weighted by atomic mass is 9.92. The van der Waals surface area contributed by atoms with Gasteiger partial charge in [0.15, 0.2) is 0 Å². The molecule has 1 amide bonds. The van der Waals surface area contributed by atoms with Gasteiger partial charge in [-0.1, -0.05) is 12.1 Å². The van der Waals surface area contributed by atoms with Crippen LogP contribution in [0.4, 0.5) is 13.2 Å². The van der Waals surface area contributed by atoms with Gasteiger partial charge in [-0.3, -0.25) is 10.1 Å². The molecule has 4 nitrogen and oxygen atoms in total. The van der Waals surface area contributed by atoms with Crippen molar-refractivity contribution in [3.05, 3.63) is 29.8 Å². The third-order valence-corrected chi connectivity index (χ3v) is 3.30. The van der Waals surface area contributed by atoms with Crippen molar-refractivity contribution in [2.75, 3.05) is 13.7 Å². The summed E-state index contributed by atoms with van der Waals surface area (Å²) < 4.78 is 41.8. The van der Waals surface area contributed by atoms with E-state index in [1.807, 2.05) is 0 Å². The highest BCUT2D eigenvalue weighted by Crippen LogP contribution is 2.19. The van der Waals surface area contributed by atoms with Gasteiger partial charge in [-0.05, 0) is 37.5 Å². The predicted octanol–water partition coefficient (Wildman–Crippen LogP) is 2.02. The van der Waals surface area contributed by atoms with Gasteiger partial charge >= 0.3 is 6.18 Å². The van der Waals surface area contributed by atoms with Gasteiger partial charge in [0.1, 0.15) is 5.75 Å². The van der Waals surface area contributed by atoms with Gasteiger partial charge in [-0.15, -0.1) is 0 Å². The number of aryl methyl sites for hydroxylation is 1. The third-order valence-electron chi connectivity index (χ3n) is 3.30. The fourth-order valence-corrected chi connectivity index (χ4v) is 1.78. The number of alkyl halides is 3. The number of primary amides is 1. The van der Waals surface area contributed by atoms with E-state index in [4.69, 9.17) is 10.5 Å². The van der Waals surface area contributed by atoms with Crippen LogP contribution in [0.3, 0.4) is 0 Å². The van der Waals surface area contributed by atoms with Crippen LogP contribution in [0.5, 0.6) is 5.75 Å². The molecule has 1 unspecified atom stereocenters. The number of ether oxygens (including phenoxy) is 1. The molecule has 0 fully saturated rings. The van der Waals surface area contributed by atoms with Gasteiger partial charge in [-0.2, -0.15) is 13.2 Å².